The molecule has 0 amide bonds. The average Bonchev–Trinajstić information content (AvgIpc) is 2.51. The fraction of sp³-hybridized carbons (Fsp3) is 0.111. The van der Waals surface area contributed by atoms with Crippen molar-refractivity contribution in [2.45, 2.75) is 0 Å². The molecule has 70 valence electrons. The molecule has 0 fully saturated rings. The van der Waals surface area contributed by atoms with Gasteiger partial charge in [-0.2, -0.15) is 0 Å². The summed E-state index contributed by atoms with van der Waals surface area (Å²) >= 11 is 0.604. The molecule has 0 bridgehead atoms. The Bertz CT molecular complexity index is 397. The molecule has 1 aromatic heterocycles. The quantitative estimate of drug-likeness (QED) is 0.668. The van der Waals surface area contributed by atoms with Crippen LogP contribution in [0.15, 0.2) is 30.5 Å². The number of nitrogens with two attached hydrogens (primary N) is 1. The molecule has 0 spiro atoms. The molecule has 2 rings (SSSR count). The molecule has 0 radical (unpaired) electrons. The van der Waals surface area contributed by atoms with E-state index in [1.165, 1.54) is 13.1 Å². The molecule has 2 N–H and O–H groups in total. The van der Waals surface area contributed by atoms with Crippen molar-refractivity contribution >= 4 is 27.6 Å². The molecule has 4 heteroatoms. The molecule has 0 atom stereocenters. The zero-order valence-corrected chi connectivity index (χ0v) is 12.0. The summed E-state index contributed by atoms with van der Waals surface area (Å²) in [7, 11) is 1.50. The normalized spacial score (nSPS) is 9.77. The van der Waals surface area contributed by atoms with Crippen molar-refractivity contribution in [3.8, 4) is 0 Å². The predicted molar refractivity (Wildman–Crippen MR) is 57.3 cm³/mol. The van der Waals surface area contributed by atoms with Gasteiger partial charge in [0.25, 0.3) is 0 Å². The van der Waals surface area contributed by atoms with Crippen LogP contribution in [0.2, 0.25) is 0 Å². The van der Waals surface area contributed by atoms with E-state index in [2.05, 4.69) is 9.26 Å². The third-order valence-electron chi connectivity index (χ3n) is 1.85. The molecular formula is C9H13FGeN2. The van der Waals surface area contributed by atoms with Crippen LogP contribution in [-0.2, 0) is 0 Å². The van der Waals surface area contributed by atoms with Gasteiger partial charge in [0.15, 0.2) is 0 Å². The molecule has 0 saturated heterocycles. The monoisotopic (exact) mass is 242 g/mol. The minimum atomic E-state index is -0.156. The summed E-state index contributed by atoms with van der Waals surface area (Å²) in [5, 5.41) is 0.998. The van der Waals surface area contributed by atoms with E-state index in [0.717, 1.165) is 10.9 Å². The number of halogens is 1. The van der Waals surface area contributed by atoms with E-state index in [1.54, 1.807) is 6.07 Å². The van der Waals surface area contributed by atoms with Gasteiger partial charge in [0, 0.05) is 0 Å². The number of aromatic nitrogens is 1. The van der Waals surface area contributed by atoms with Gasteiger partial charge in [-0.05, 0) is 7.05 Å². The Morgan fingerprint density at radius 1 is 1.31 bits per heavy atom. The van der Waals surface area contributed by atoms with E-state index < -0.39 is 0 Å². The molecule has 0 aliphatic carbocycles. The van der Waals surface area contributed by atoms with Crippen LogP contribution < -0.4 is 5.73 Å². The number of hydrogen-bond acceptors (Lipinski definition) is 1. The zero-order valence-electron chi connectivity index (χ0n) is 7.79. The first-order chi connectivity index (χ1) is 6.27. The first-order valence-corrected chi connectivity index (χ1v) is 5.93. The molecule has 0 saturated carbocycles. The molecule has 0 aliphatic heterocycles. The maximum absolute atomic E-state index is 12.7. The Labute approximate surface area is 85.0 Å². The van der Waals surface area contributed by atoms with Crippen LogP contribution in [0.4, 0.5) is 4.39 Å². The van der Waals surface area contributed by atoms with E-state index in [4.69, 9.17) is 0 Å². The number of nitrogens with zero attached hydrogens (tertiary/aromatic N) is 1. The standard InChI is InChI=1S/C8H8FGeN.CH5N/c9-7-1-2-8-6(5-7)3-4-11(8)10;1-2/h1-5H,10H3;2H2,1H3. The fourth-order valence-electron chi connectivity index (χ4n) is 1.25. The van der Waals surface area contributed by atoms with Crippen molar-refractivity contribution in [3.05, 3.63) is 36.3 Å². The van der Waals surface area contributed by atoms with Gasteiger partial charge in [0.2, 0.25) is 0 Å². The third kappa shape index (κ3) is 2.11. The second kappa shape index (κ2) is 4.43. The Kier molecular flexibility index (Phi) is 3.51. The van der Waals surface area contributed by atoms with Crippen molar-refractivity contribution < 1.29 is 4.39 Å². The van der Waals surface area contributed by atoms with Crippen molar-refractivity contribution in [1.29, 1.82) is 0 Å². The summed E-state index contributed by atoms with van der Waals surface area (Å²) in [5.74, 6) is -0.156. The van der Waals surface area contributed by atoms with Crippen LogP contribution in [0.5, 0.6) is 0 Å². The van der Waals surface area contributed by atoms with Gasteiger partial charge in [-0.3, -0.25) is 0 Å². The molecule has 1 heterocycles. The van der Waals surface area contributed by atoms with Gasteiger partial charge >= 0.3 is 71.8 Å². The van der Waals surface area contributed by atoms with Crippen LogP contribution in [-0.4, -0.2) is 27.3 Å². The Hall–Kier alpha value is -0.807. The summed E-state index contributed by atoms with van der Waals surface area (Å²) in [6.45, 7) is 0. The van der Waals surface area contributed by atoms with Crippen molar-refractivity contribution in [1.82, 2.24) is 3.52 Å². The predicted octanol–water partition coefficient (Wildman–Crippen LogP) is 0.484. The number of hydrogen-bond donors (Lipinski definition) is 1. The number of benzene rings is 1. The molecule has 2 aromatic rings. The van der Waals surface area contributed by atoms with Crippen LogP contribution >= 0.6 is 0 Å². The Balaban J connectivity index is 0.000000396. The maximum atomic E-state index is 12.7. The summed E-state index contributed by atoms with van der Waals surface area (Å²) in [6.07, 6.45) is 2.00. The van der Waals surface area contributed by atoms with Gasteiger partial charge in [0.05, 0.1) is 0 Å². The summed E-state index contributed by atoms with van der Waals surface area (Å²) in [4.78, 5) is 0. The number of rotatable bonds is 0. The molecule has 1 aromatic carbocycles. The summed E-state index contributed by atoms with van der Waals surface area (Å²) < 4.78 is 14.8. The summed E-state index contributed by atoms with van der Waals surface area (Å²) in [6, 6.07) is 6.85. The molecule has 0 aliphatic rings. The van der Waals surface area contributed by atoms with E-state index in [1.807, 2.05) is 18.3 Å². The van der Waals surface area contributed by atoms with Gasteiger partial charge in [-0.1, -0.05) is 0 Å². The van der Waals surface area contributed by atoms with E-state index in [0.29, 0.717) is 16.7 Å². The van der Waals surface area contributed by atoms with E-state index >= 15 is 0 Å². The topological polar surface area (TPSA) is 30.9 Å². The van der Waals surface area contributed by atoms with Gasteiger partial charge in [-0.15, -0.1) is 0 Å². The number of fused-ring (bicyclic) bond motifs is 1. The molecule has 2 nitrogen and oxygen atoms in total. The first-order valence-electron chi connectivity index (χ1n) is 4.06. The van der Waals surface area contributed by atoms with Crippen LogP contribution in [0.1, 0.15) is 0 Å². The van der Waals surface area contributed by atoms with Crippen molar-refractivity contribution in [2.75, 3.05) is 7.05 Å². The third-order valence-corrected chi connectivity index (χ3v) is 3.48. The van der Waals surface area contributed by atoms with E-state index in [9.17, 15) is 4.39 Å². The van der Waals surface area contributed by atoms with Crippen LogP contribution in [0.25, 0.3) is 10.9 Å². The fourth-order valence-corrected chi connectivity index (χ4v) is 2.42. The second-order valence-electron chi connectivity index (χ2n) is 2.63. The van der Waals surface area contributed by atoms with Gasteiger partial charge in [-0.25, -0.2) is 0 Å². The van der Waals surface area contributed by atoms with Crippen molar-refractivity contribution in [3.63, 3.8) is 0 Å². The second-order valence-corrected chi connectivity index (χ2v) is 4.65. The Morgan fingerprint density at radius 3 is 2.69 bits per heavy atom. The van der Waals surface area contributed by atoms with Gasteiger partial charge in [0.1, 0.15) is 0 Å². The van der Waals surface area contributed by atoms with E-state index in [-0.39, 0.29) is 5.82 Å². The molecule has 13 heavy (non-hydrogen) atoms. The van der Waals surface area contributed by atoms with Crippen LogP contribution in [0.3, 0.4) is 0 Å². The minimum absolute atomic E-state index is 0.156. The molecular weight excluding hydrogens is 228 g/mol. The van der Waals surface area contributed by atoms with Crippen LogP contribution in [0, 0.1) is 5.82 Å². The average molecular weight is 241 g/mol. The zero-order chi connectivity index (χ0) is 9.84. The molecule has 0 unspecified atom stereocenters. The van der Waals surface area contributed by atoms with Crippen molar-refractivity contribution in [2.24, 2.45) is 5.73 Å². The first kappa shape index (κ1) is 10.3. The Morgan fingerprint density at radius 2 is 2.00 bits per heavy atom. The van der Waals surface area contributed by atoms with Gasteiger partial charge < -0.3 is 5.73 Å². The SMILES string of the molecule is CN.Fc1ccc2c(cc[n]2[GeH3])c1. The summed E-state index contributed by atoms with van der Waals surface area (Å²) in [5.41, 5.74) is 5.64.